The topological polar surface area (TPSA) is 527 Å². The number of carbonyl (C=O) groups excluding carboxylic acids is 5. The van der Waals surface area contributed by atoms with Gasteiger partial charge in [-0.2, -0.15) is 0 Å². The van der Waals surface area contributed by atoms with Crippen molar-refractivity contribution in [3.63, 3.8) is 0 Å². The van der Waals surface area contributed by atoms with Crippen molar-refractivity contribution in [3.05, 3.63) is 67.4 Å². The quantitative estimate of drug-likeness (QED) is 0.0293. The lowest BCUT2D eigenvalue weighted by Crippen LogP contribution is -2.53. The molecule has 0 fully saturated rings. The molecule has 78 heavy (non-hydrogen) atoms. The molecule has 10 rings (SSSR count). The largest absolute Gasteiger partial charge is 0.504 e. The molecule has 0 radical (unpaired) electrons. The Morgan fingerprint density at radius 1 is 0.372 bits per heavy atom. The predicted octanol–water partition coefficient (Wildman–Crippen LogP) is 1.80. The molecule has 0 spiro atoms. The highest BCUT2D eigenvalue weighted by molar-refractivity contribution is 6.29. The van der Waals surface area contributed by atoms with Gasteiger partial charge in [0, 0.05) is 44.2 Å². The van der Waals surface area contributed by atoms with E-state index in [0.29, 0.717) is 18.2 Å². The molecular weight excluding hydrogens is 1060 g/mol. The fourth-order valence-corrected chi connectivity index (χ4v) is 9.25. The van der Waals surface area contributed by atoms with Gasteiger partial charge in [-0.25, -0.2) is 28.8 Å². The van der Waals surface area contributed by atoms with E-state index in [0.717, 1.165) is 0 Å². The van der Waals surface area contributed by atoms with Crippen LogP contribution in [-0.2, 0) is 23.7 Å². The van der Waals surface area contributed by atoms with Crippen molar-refractivity contribution in [1.29, 1.82) is 0 Å². The van der Waals surface area contributed by atoms with Crippen LogP contribution in [0.5, 0.6) is 92.0 Å². The molecule has 30 nitrogen and oxygen atoms in total. The minimum atomic E-state index is -2.98. The van der Waals surface area contributed by atoms with Gasteiger partial charge in [0.05, 0.1) is 33.0 Å². The van der Waals surface area contributed by atoms with Gasteiger partial charge < -0.3 is 115 Å². The van der Waals surface area contributed by atoms with Crippen molar-refractivity contribution < 1.29 is 139 Å². The van der Waals surface area contributed by atoms with Crippen LogP contribution in [0.2, 0.25) is 0 Å². The summed E-state index contributed by atoms with van der Waals surface area (Å²) in [6, 6.07) is 1.16. The number of hydrogen-bond donors (Lipinski definition) is 17. The van der Waals surface area contributed by atoms with Crippen molar-refractivity contribution in [2.45, 2.75) is 24.4 Å². The van der Waals surface area contributed by atoms with Crippen molar-refractivity contribution >= 4 is 62.9 Å². The van der Waals surface area contributed by atoms with E-state index in [-0.39, 0.29) is 12.4 Å². The number of hydrogen-bond acceptors (Lipinski definition) is 30. The molecular formula is C48H28O30. The standard InChI is InChI=1S/C48H28O30/c49-5-16-40(76-46(70)9-3-13(52)28(56)32(60)18(9)17-8(44(68)74-16)2-12(51)27(55)31(17)59)39-15(54)6-73-43(67)7-1-11(50)29(57)33(61)19(7)21-25-23-24-26(48(72)78-41(23)37(65)35(21)63)22(36(64)38(66)42(24)77-47(25)71)20-10(45(69)75-39)4-14(53)30(58)34(20)62/h1-5,15-16,39-40,50-66H,6H2/t15-,16+,39-,40-/m1/s1. The number of aromatic hydroxyl groups is 16. The maximum atomic E-state index is 14.9. The summed E-state index contributed by atoms with van der Waals surface area (Å²) in [7, 11) is 0. The first-order valence-corrected chi connectivity index (χ1v) is 21.5. The molecule has 6 bridgehead atoms. The van der Waals surface area contributed by atoms with E-state index in [1.807, 2.05) is 0 Å². The number of aldehydes is 1. The maximum absolute atomic E-state index is 14.9. The number of esters is 4. The molecule has 400 valence electrons. The summed E-state index contributed by atoms with van der Waals surface area (Å²) in [5.74, 6) is -32.3. The van der Waals surface area contributed by atoms with E-state index < -0.39 is 246 Å². The SMILES string of the molecule is O=C[C@@H]1OC(=O)c2cc(O)c(O)c(O)c2-c2c(cc(O)c(O)c2O)C(=O)O[C@H]1[C@@H]1OC(=O)c2cc(O)c(O)c(O)c2-c2c(O)c(O)c3oc(=O)c4c(c(O)c(O)c5oc(=O)c2c3c54)-c2c(cc(O)c(O)c2O)C(=O)OC[C@H]1O. The molecule has 8 aromatic rings. The van der Waals surface area contributed by atoms with Crippen LogP contribution in [0.4, 0.5) is 0 Å². The number of cyclic esters (lactones) is 4. The molecule has 6 aromatic carbocycles. The second kappa shape index (κ2) is 17.1. The Kier molecular flexibility index (Phi) is 11.0. The Bertz CT molecular complexity index is 4220. The molecule has 17 N–H and O–H groups in total. The molecule has 0 saturated carbocycles. The van der Waals surface area contributed by atoms with Crippen LogP contribution in [0.15, 0.2) is 42.7 Å². The Morgan fingerprint density at radius 2 is 0.679 bits per heavy atom. The Hall–Kier alpha value is -11.4. The van der Waals surface area contributed by atoms with E-state index in [4.69, 9.17) is 27.8 Å². The van der Waals surface area contributed by atoms with Gasteiger partial charge >= 0.3 is 35.1 Å². The van der Waals surface area contributed by atoms with Crippen LogP contribution in [0.3, 0.4) is 0 Å². The van der Waals surface area contributed by atoms with Crippen LogP contribution >= 0.6 is 0 Å². The number of aliphatic hydroxyl groups excluding tert-OH is 1. The Balaban J connectivity index is 1.30. The van der Waals surface area contributed by atoms with Crippen molar-refractivity contribution in [3.8, 4) is 125 Å². The third-order valence-corrected chi connectivity index (χ3v) is 12.8. The third kappa shape index (κ3) is 6.82. The van der Waals surface area contributed by atoms with Gasteiger partial charge in [0.1, 0.15) is 12.7 Å². The summed E-state index contributed by atoms with van der Waals surface area (Å²) < 4.78 is 32.1. The van der Waals surface area contributed by atoms with Crippen molar-refractivity contribution in [1.82, 2.24) is 0 Å². The van der Waals surface area contributed by atoms with E-state index in [1.165, 1.54) is 0 Å². The van der Waals surface area contributed by atoms with Crippen LogP contribution in [0.25, 0.3) is 66.1 Å². The van der Waals surface area contributed by atoms with Crippen LogP contribution in [-0.4, -0.2) is 148 Å². The molecule has 2 aliphatic rings. The highest BCUT2D eigenvalue weighted by Crippen LogP contribution is 2.59. The predicted molar refractivity (Wildman–Crippen MR) is 247 cm³/mol. The Labute approximate surface area is 424 Å². The molecule has 0 saturated heterocycles. The first kappa shape index (κ1) is 50.1. The van der Waals surface area contributed by atoms with Gasteiger partial charge in [-0.15, -0.1) is 0 Å². The van der Waals surface area contributed by atoms with Crippen molar-refractivity contribution in [2.75, 3.05) is 6.61 Å². The normalized spacial score (nSPS) is 17.7. The number of benzene rings is 6. The fourth-order valence-electron chi connectivity index (χ4n) is 9.25. The molecule has 30 heteroatoms. The van der Waals surface area contributed by atoms with Gasteiger partial charge in [-0.05, 0) is 24.3 Å². The van der Waals surface area contributed by atoms with E-state index in [2.05, 4.69) is 0 Å². The molecule has 0 amide bonds. The molecule has 0 aliphatic carbocycles. The second-order valence-corrected chi connectivity index (χ2v) is 17.1. The highest BCUT2D eigenvalue weighted by atomic mass is 16.6. The number of phenols is 16. The second-order valence-electron chi connectivity index (χ2n) is 17.1. The molecule has 2 aromatic heterocycles. The zero-order valence-corrected chi connectivity index (χ0v) is 37.8. The number of phenolic OH excluding ortho intramolecular Hbond substituents is 16. The van der Waals surface area contributed by atoms with Gasteiger partial charge in [0.2, 0.25) is 34.5 Å². The summed E-state index contributed by atoms with van der Waals surface area (Å²) >= 11 is 0. The van der Waals surface area contributed by atoms with Gasteiger partial charge in [-0.3, -0.25) is 4.79 Å². The maximum Gasteiger partial charge on any atom is 0.345 e. The smallest absolute Gasteiger partial charge is 0.345 e. The number of fused-ring (bicyclic) bond motifs is 7. The average molecular weight is 1080 g/mol. The minimum absolute atomic E-state index is 0.219. The number of aliphatic hydroxyl groups is 1. The lowest BCUT2D eigenvalue weighted by atomic mass is 9.88. The van der Waals surface area contributed by atoms with Crippen LogP contribution < -0.4 is 11.3 Å². The average Bonchev–Trinajstić information content (AvgIpc) is 3.10. The van der Waals surface area contributed by atoms with Crippen LogP contribution in [0, 0.1) is 0 Å². The molecule has 4 atom stereocenters. The van der Waals surface area contributed by atoms with Gasteiger partial charge in [0.15, 0.2) is 93.3 Å². The summed E-state index contributed by atoms with van der Waals surface area (Å²) in [6.45, 7) is -1.69. The van der Waals surface area contributed by atoms with E-state index in [9.17, 15) is 120 Å². The molecule has 4 heterocycles. The lowest BCUT2D eigenvalue weighted by molar-refractivity contribution is -0.142. The number of ether oxygens (including phenoxy) is 4. The fraction of sp³-hybridized carbons (Fsp3) is 0.104. The van der Waals surface area contributed by atoms with Gasteiger partial charge in [-0.1, -0.05) is 0 Å². The summed E-state index contributed by atoms with van der Waals surface area (Å²) in [5.41, 5.74) is -18.6. The summed E-state index contributed by atoms with van der Waals surface area (Å²) in [6.07, 6.45) is -12.0. The van der Waals surface area contributed by atoms with E-state index >= 15 is 0 Å². The highest BCUT2D eigenvalue weighted by Gasteiger charge is 2.47. The zero-order valence-electron chi connectivity index (χ0n) is 37.8. The summed E-state index contributed by atoms with van der Waals surface area (Å²) in [4.78, 5) is 99.2. The van der Waals surface area contributed by atoms with Gasteiger partial charge in [0.25, 0.3) is 0 Å². The lowest BCUT2D eigenvalue weighted by Gasteiger charge is -2.33. The number of carbonyl (C=O) groups is 5. The first-order valence-electron chi connectivity index (χ1n) is 21.5. The van der Waals surface area contributed by atoms with Crippen molar-refractivity contribution in [2.24, 2.45) is 0 Å². The molecule has 2 aliphatic heterocycles. The van der Waals surface area contributed by atoms with E-state index in [1.54, 1.807) is 0 Å². The number of rotatable bonds is 2. The third-order valence-electron chi connectivity index (χ3n) is 12.8. The first-order chi connectivity index (χ1) is 36.7. The minimum Gasteiger partial charge on any atom is -0.504 e. The van der Waals surface area contributed by atoms with Crippen LogP contribution in [0.1, 0.15) is 41.4 Å². The zero-order chi connectivity index (χ0) is 56.7. The monoisotopic (exact) mass is 1080 g/mol. The molecule has 0 unspecified atom stereocenters. The Morgan fingerprint density at radius 3 is 1.04 bits per heavy atom. The summed E-state index contributed by atoms with van der Waals surface area (Å²) in [5, 5.41) is 184.